The van der Waals surface area contributed by atoms with Gasteiger partial charge in [0.25, 0.3) is 0 Å². The number of rotatable bonds is 15. The monoisotopic (exact) mass is 1060 g/mol. The van der Waals surface area contributed by atoms with Crippen LogP contribution in [-0.2, 0) is 33.3 Å². The molecule has 3 N–H and O–H groups in total. The van der Waals surface area contributed by atoms with Crippen molar-refractivity contribution >= 4 is 29.7 Å². The number of amides is 1. The van der Waals surface area contributed by atoms with Crippen LogP contribution in [0.3, 0.4) is 0 Å². The van der Waals surface area contributed by atoms with E-state index >= 15 is 0 Å². The third kappa shape index (κ3) is 11.1. The fraction of sp³-hybridized carbons (Fsp3) is 0.750. The Hall–Kier alpha value is -4.38. The standard InChI is InChI=1S/C64H92N2O11/c1-11-27-64(72)29-26-50-47-20-16-41-34-44(67)19-21-46(41)56(47)48(38-62(50,64)7)40-14-17-43(18-15-40)66(9)31-33-74-45-25-28-61(6)42(35-45)36-53(76-59(71)75-32-12-30-65-58(70)77-60(3,4)5)57-51-23-22-49(39(2)13-24-55(69)73-10)63(51,8)54(68)37-52(57)61/h14-18,39,42,45,47-54,57,68,72H,12-13,19-26,28-38H2,1-10H3,(H,65,70)/t39-,42+,45+,47?,48-,49?,50?,51+,52+,53-,54+,57+,61+,62+,63-,64+/m1/s1. The number of ketones is 1. The van der Waals surface area contributed by atoms with E-state index < -0.39 is 41.1 Å². The summed E-state index contributed by atoms with van der Waals surface area (Å²) >= 11 is 0. The van der Waals surface area contributed by atoms with Crippen molar-refractivity contribution < 1.29 is 53.1 Å². The molecule has 0 radical (unpaired) electrons. The Kier molecular flexibility index (Phi) is 16.8. The molecule has 0 heterocycles. The van der Waals surface area contributed by atoms with Gasteiger partial charge in [0.05, 0.1) is 32.5 Å². The summed E-state index contributed by atoms with van der Waals surface area (Å²) in [5.41, 5.74) is 4.09. The first-order valence-electron chi connectivity index (χ1n) is 29.6. The number of nitrogens with zero attached hydrogens (tertiary/aromatic N) is 1. The molecule has 8 aliphatic carbocycles. The van der Waals surface area contributed by atoms with Gasteiger partial charge in [0.1, 0.15) is 23.1 Å². The van der Waals surface area contributed by atoms with Gasteiger partial charge < -0.3 is 44.1 Å². The molecule has 0 bridgehead atoms. The van der Waals surface area contributed by atoms with Crippen molar-refractivity contribution in [1.29, 1.82) is 0 Å². The molecule has 1 amide bonds. The molecule has 0 aliphatic heterocycles. The highest BCUT2D eigenvalue weighted by atomic mass is 16.7. The molecule has 8 aliphatic rings. The molecule has 7 fully saturated rings. The van der Waals surface area contributed by atoms with E-state index in [0.717, 1.165) is 63.5 Å². The molecule has 77 heavy (non-hydrogen) atoms. The second-order valence-electron chi connectivity index (χ2n) is 26.7. The van der Waals surface area contributed by atoms with E-state index in [1.54, 1.807) is 0 Å². The van der Waals surface area contributed by atoms with Crippen molar-refractivity contribution in [3.05, 3.63) is 52.6 Å². The maximum atomic E-state index is 13.7. The zero-order chi connectivity index (χ0) is 55.2. The van der Waals surface area contributed by atoms with Crippen molar-refractivity contribution in [2.24, 2.45) is 63.6 Å². The van der Waals surface area contributed by atoms with Gasteiger partial charge in [-0.1, -0.05) is 57.4 Å². The summed E-state index contributed by atoms with van der Waals surface area (Å²) in [7, 11) is 3.55. The van der Waals surface area contributed by atoms with E-state index in [-0.39, 0.29) is 70.9 Å². The average Bonchev–Trinajstić information content (AvgIpc) is 4.06. The predicted molar refractivity (Wildman–Crippen MR) is 296 cm³/mol. The second-order valence-corrected chi connectivity index (χ2v) is 26.7. The van der Waals surface area contributed by atoms with Gasteiger partial charge in [0, 0.05) is 62.3 Å². The van der Waals surface area contributed by atoms with E-state index in [2.05, 4.69) is 87.1 Å². The van der Waals surface area contributed by atoms with Crippen LogP contribution >= 0.6 is 0 Å². The lowest BCUT2D eigenvalue weighted by Gasteiger charge is -2.64. The Balaban J connectivity index is 0.860. The Morgan fingerprint density at radius 1 is 0.961 bits per heavy atom. The Labute approximate surface area is 459 Å². The van der Waals surface area contributed by atoms with Gasteiger partial charge in [-0.05, 0) is 199 Å². The first-order chi connectivity index (χ1) is 36.5. The number of Topliss-reactive ketones (excluding diaryl/α,β-unsaturated/α-hetero) is 1. The maximum Gasteiger partial charge on any atom is 0.508 e. The van der Waals surface area contributed by atoms with Gasteiger partial charge in [0.15, 0.2) is 0 Å². The Bertz CT molecular complexity index is 2490. The number of aliphatic hydroxyl groups is 2. The molecule has 9 rings (SSSR count). The molecular weight excluding hydrogens is 973 g/mol. The molecule has 1 aromatic carbocycles. The molecule has 1 aromatic rings. The van der Waals surface area contributed by atoms with Crippen LogP contribution in [0.25, 0.3) is 0 Å². The van der Waals surface area contributed by atoms with Crippen LogP contribution in [0, 0.1) is 75.4 Å². The first-order valence-corrected chi connectivity index (χ1v) is 29.6. The van der Waals surface area contributed by atoms with Crippen molar-refractivity contribution in [3.63, 3.8) is 0 Å². The summed E-state index contributed by atoms with van der Waals surface area (Å²) < 4.78 is 29.3. The SMILES string of the molecule is CC#C[C@]1(O)CCC2C3CC=C4CC(=O)CCC4=C3[C@@H](c3ccc(N(C)CCO[C@H]4CC[C@@]5(C)[C@@H](C4)C[C@@H](OC(=O)OCCCNC(=O)OC(C)(C)C)[C@@H]4[C@@H]5C[C@H](O)[C@]5(C)C([C@H](C)CCC(=O)OC)CC[C@@H]45)cc3)C[C@@]21C. The molecule has 0 aromatic heterocycles. The van der Waals surface area contributed by atoms with Crippen LogP contribution in [0.1, 0.15) is 176 Å². The summed E-state index contributed by atoms with van der Waals surface area (Å²) in [6, 6.07) is 9.04. The normalized spacial score (nSPS) is 37.4. The summed E-state index contributed by atoms with van der Waals surface area (Å²) in [6.07, 6.45) is 13.0. The minimum absolute atomic E-state index is 0.0471. The molecule has 7 saturated carbocycles. The number of aliphatic hydroxyl groups excluding tert-OH is 1. The highest BCUT2D eigenvalue weighted by Gasteiger charge is 2.67. The number of allylic oxidation sites excluding steroid dienone is 4. The first kappa shape index (κ1) is 57.3. The molecule has 3 unspecified atom stereocenters. The number of anilines is 1. The second kappa shape index (κ2) is 22.6. The van der Waals surface area contributed by atoms with E-state index in [4.69, 9.17) is 23.7 Å². The van der Waals surface area contributed by atoms with Crippen molar-refractivity contribution in [1.82, 2.24) is 5.32 Å². The molecule has 0 spiro atoms. The molecule has 16 atom stereocenters. The largest absolute Gasteiger partial charge is 0.508 e. The van der Waals surface area contributed by atoms with Gasteiger partial charge >= 0.3 is 18.2 Å². The zero-order valence-corrected chi connectivity index (χ0v) is 48.2. The van der Waals surface area contributed by atoms with Crippen LogP contribution < -0.4 is 10.2 Å². The molecule has 0 saturated heterocycles. The summed E-state index contributed by atoms with van der Waals surface area (Å²) in [4.78, 5) is 53.0. The quantitative estimate of drug-likeness (QED) is 0.0658. The Morgan fingerprint density at radius 2 is 1.73 bits per heavy atom. The number of hydrogen-bond donors (Lipinski definition) is 3. The number of methoxy groups -OCH3 is 1. The number of ether oxygens (including phenoxy) is 5. The van der Waals surface area contributed by atoms with Crippen LogP contribution in [-0.4, -0.2) is 104 Å². The minimum atomic E-state index is -1.02. The van der Waals surface area contributed by atoms with Gasteiger partial charge in [-0.3, -0.25) is 9.59 Å². The van der Waals surface area contributed by atoms with Gasteiger partial charge in [-0.25, -0.2) is 9.59 Å². The minimum Gasteiger partial charge on any atom is -0.469 e. The number of carbonyl (C=O) groups is 4. The van der Waals surface area contributed by atoms with Crippen LogP contribution in [0.2, 0.25) is 0 Å². The highest BCUT2D eigenvalue weighted by molar-refractivity contribution is 5.85. The topological polar surface area (TPSA) is 170 Å². The highest BCUT2D eigenvalue weighted by Crippen LogP contribution is 2.70. The lowest BCUT2D eigenvalue weighted by Crippen LogP contribution is -2.63. The molecule has 424 valence electrons. The maximum absolute atomic E-state index is 13.7. The number of esters is 1. The number of alkyl carbamates (subject to hydrolysis) is 1. The van der Waals surface area contributed by atoms with E-state index in [0.29, 0.717) is 88.7 Å². The number of fused-ring (bicyclic) bond motifs is 9. The fourth-order valence-corrected chi connectivity index (χ4v) is 17.7. The van der Waals surface area contributed by atoms with Crippen molar-refractivity contribution in [3.8, 4) is 11.8 Å². The number of benzene rings is 1. The van der Waals surface area contributed by atoms with Gasteiger partial charge in [0.2, 0.25) is 0 Å². The third-order valence-corrected chi connectivity index (χ3v) is 21.7. The predicted octanol–water partition coefficient (Wildman–Crippen LogP) is 11.4. The lowest BCUT2D eigenvalue weighted by atomic mass is 9.43. The smallest absolute Gasteiger partial charge is 0.469 e. The van der Waals surface area contributed by atoms with E-state index in [1.807, 2.05) is 27.7 Å². The van der Waals surface area contributed by atoms with Gasteiger partial charge in [-0.2, -0.15) is 0 Å². The zero-order valence-electron chi connectivity index (χ0n) is 48.2. The van der Waals surface area contributed by atoms with Crippen molar-refractivity contribution in [2.75, 3.05) is 45.4 Å². The lowest BCUT2D eigenvalue weighted by molar-refractivity contribution is -0.211. The van der Waals surface area contributed by atoms with Crippen LogP contribution in [0.5, 0.6) is 0 Å². The molecule has 13 nitrogen and oxygen atoms in total. The van der Waals surface area contributed by atoms with Crippen LogP contribution in [0.4, 0.5) is 15.3 Å². The fourth-order valence-electron chi connectivity index (χ4n) is 17.7. The number of hydrogen-bond acceptors (Lipinski definition) is 12. The average molecular weight is 1070 g/mol. The van der Waals surface area contributed by atoms with Gasteiger partial charge in [-0.15, -0.1) is 5.92 Å². The number of nitrogens with one attached hydrogen (secondary N) is 1. The summed E-state index contributed by atoms with van der Waals surface area (Å²) in [6.45, 7) is 18.1. The number of carbonyl (C=O) groups excluding carboxylic acids is 4. The summed E-state index contributed by atoms with van der Waals surface area (Å²) in [5, 5.41) is 27.3. The third-order valence-electron chi connectivity index (χ3n) is 21.7. The molecule has 13 heteroatoms. The van der Waals surface area contributed by atoms with Crippen LogP contribution in [0.15, 0.2) is 47.1 Å². The van der Waals surface area contributed by atoms with E-state index in [1.165, 1.54) is 29.4 Å². The number of likely N-dealkylation sites (N-methyl/N-ethyl adjacent to an activating group) is 1. The molecular formula is C64H92N2O11. The van der Waals surface area contributed by atoms with E-state index in [9.17, 15) is 29.4 Å². The van der Waals surface area contributed by atoms with Crippen molar-refractivity contribution in [2.45, 2.75) is 200 Å². The Morgan fingerprint density at radius 3 is 2.45 bits per heavy atom. The summed E-state index contributed by atoms with van der Waals surface area (Å²) in [5.74, 6) is 8.28.